The lowest BCUT2D eigenvalue weighted by atomic mass is 9.89. The van der Waals surface area contributed by atoms with Gasteiger partial charge in [0, 0.05) is 24.0 Å². The summed E-state index contributed by atoms with van der Waals surface area (Å²) in [5.74, 6) is 1.72. The minimum Gasteiger partial charge on any atom is -0.490 e. The zero-order chi connectivity index (χ0) is 14.2. The van der Waals surface area contributed by atoms with E-state index in [0.717, 1.165) is 29.7 Å². The maximum Gasteiger partial charge on any atom is 0.142 e. The normalized spacial score (nSPS) is 27.8. The van der Waals surface area contributed by atoms with E-state index in [9.17, 15) is 0 Å². The van der Waals surface area contributed by atoms with Gasteiger partial charge in [-0.1, -0.05) is 15.9 Å². The molecule has 3 aliphatic heterocycles. The fraction of sp³-hybridized carbons (Fsp3) is 0.571. The van der Waals surface area contributed by atoms with E-state index >= 15 is 0 Å². The van der Waals surface area contributed by atoms with Crippen LogP contribution in [0.3, 0.4) is 0 Å². The van der Waals surface area contributed by atoms with Crippen LogP contribution in [0.25, 0.3) is 0 Å². The molecule has 2 saturated heterocycles. The Balaban J connectivity index is 1.35. The summed E-state index contributed by atoms with van der Waals surface area (Å²) in [6.07, 6.45) is 3.92. The van der Waals surface area contributed by atoms with Crippen LogP contribution < -0.4 is 26.7 Å². The Kier molecular flexibility index (Phi) is 3.87. The van der Waals surface area contributed by atoms with Crippen molar-refractivity contribution in [3.05, 3.63) is 28.2 Å². The summed E-state index contributed by atoms with van der Waals surface area (Å²) in [6, 6.07) is 6.33. The number of piperidine rings is 1. The van der Waals surface area contributed by atoms with Gasteiger partial charge in [-0.2, -0.15) is 11.1 Å². The van der Waals surface area contributed by atoms with E-state index in [1.54, 1.807) is 0 Å². The van der Waals surface area contributed by atoms with Crippen molar-refractivity contribution in [2.45, 2.75) is 31.7 Å². The van der Waals surface area contributed by atoms with Gasteiger partial charge >= 0.3 is 0 Å². The highest BCUT2D eigenvalue weighted by Crippen LogP contribution is 2.36. The molecule has 0 aromatic heterocycles. The zero-order valence-electron chi connectivity index (χ0n) is 11.7. The zero-order valence-corrected chi connectivity index (χ0v) is 13.3. The van der Waals surface area contributed by atoms with Crippen molar-refractivity contribution in [2.24, 2.45) is 5.92 Å². The summed E-state index contributed by atoms with van der Waals surface area (Å²) < 4.78 is 7.30. The summed E-state index contributed by atoms with van der Waals surface area (Å²) in [7, 11) is 0. The molecule has 0 bridgehead atoms. The summed E-state index contributed by atoms with van der Waals surface area (Å²) in [6.45, 7) is 2.16. The Bertz CT molecular complexity index is 514. The molecule has 114 valence electrons. The van der Waals surface area contributed by atoms with Crippen molar-refractivity contribution < 1.29 is 4.74 Å². The first-order valence-corrected chi connectivity index (χ1v) is 8.29. The Morgan fingerprint density at radius 1 is 1.14 bits per heavy atom. The molecule has 0 spiro atoms. The van der Waals surface area contributed by atoms with Crippen LogP contribution in [-0.2, 0) is 6.42 Å². The fourth-order valence-electron chi connectivity index (χ4n) is 3.48. The first kappa shape index (κ1) is 13.9. The molecule has 2 fully saturated rings. The van der Waals surface area contributed by atoms with E-state index < -0.39 is 0 Å². The molecule has 0 saturated carbocycles. The highest BCUT2D eigenvalue weighted by Gasteiger charge is 2.34. The monoisotopic (exact) mass is 353 g/mol. The number of fused-ring (bicyclic) bond motifs is 1. The second-order valence-corrected chi connectivity index (χ2v) is 6.84. The molecule has 0 radical (unpaired) electrons. The number of nitrogens with zero attached hydrogens (tertiary/aromatic N) is 1. The third-order valence-electron chi connectivity index (χ3n) is 4.67. The molecule has 1 unspecified atom stereocenters. The number of ether oxygens (including phenoxy) is 1. The maximum absolute atomic E-state index is 6.17. The number of nitrogens with one attached hydrogen (secondary N) is 4. The van der Waals surface area contributed by atoms with E-state index in [-0.39, 0.29) is 6.29 Å². The molecule has 3 heterocycles. The molecular formula is C14H20BrN5O. The molecule has 7 heteroatoms. The number of halogens is 1. The minimum atomic E-state index is 0.170. The van der Waals surface area contributed by atoms with Crippen molar-refractivity contribution in [1.82, 2.24) is 26.8 Å². The highest BCUT2D eigenvalue weighted by atomic mass is 79.9. The van der Waals surface area contributed by atoms with Crippen LogP contribution in [0, 0.1) is 5.92 Å². The highest BCUT2D eigenvalue weighted by molar-refractivity contribution is 9.10. The number of rotatable bonds is 2. The second-order valence-electron chi connectivity index (χ2n) is 5.93. The third kappa shape index (κ3) is 2.81. The minimum absolute atomic E-state index is 0.170. The molecule has 4 N–H and O–H groups in total. The van der Waals surface area contributed by atoms with Gasteiger partial charge in [0.2, 0.25) is 0 Å². The lowest BCUT2D eigenvalue weighted by Gasteiger charge is -2.36. The van der Waals surface area contributed by atoms with Gasteiger partial charge in [-0.25, -0.2) is 10.9 Å². The fourth-order valence-corrected chi connectivity index (χ4v) is 3.89. The van der Waals surface area contributed by atoms with Crippen molar-refractivity contribution in [3.8, 4) is 5.75 Å². The molecule has 21 heavy (non-hydrogen) atoms. The van der Waals surface area contributed by atoms with E-state index in [0.29, 0.717) is 12.0 Å². The summed E-state index contributed by atoms with van der Waals surface area (Å²) in [4.78, 5) is 2.40. The van der Waals surface area contributed by atoms with Crippen LogP contribution in [0.15, 0.2) is 22.7 Å². The first-order valence-electron chi connectivity index (χ1n) is 7.50. The smallest absolute Gasteiger partial charge is 0.142 e. The summed E-state index contributed by atoms with van der Waals surface area (Å²) in [5.41, 5.74) is 13.4. The van der Waals surface area contributed by atoms with Gasteiger partial charge in [0.05, 0.1) is 0 Å². The molecule has 1 atom stereocenters. The predicted octanol–water partition coefficient (Wildman–Crippen LogP) is 0.865. The lowest BCUT2D eigenvalue weighted by Crippen LogP contribution is -2.53. The number of hydrogen-bond acceptors (Lipinski definition) is 6. The Labute approximate surface area is 132 Å². The average molecular weight is 354 g/mol. The Morgan fingerprint density at radius 3 is 2.67 bits per heavy atom. The van der Waals surface area contributed by atoms with Gasteiger partial charge < -0.3 is 4.74 Å². The van der Waals surface area contributed by atoms with Gasteiger partial charge in [-0.15, -0.1) is 0 Å². The molecule has 4 rings (SSSR count). The molecule has 1 aromatic rings. The summed E-state index contributed by atoms with van der Waals surface area (Å²) in [5, 5.41) is 0. The SMILES string of the molecule is Brc1ccc2c(c1)CC(C1CCN(C3NNNN3)CC1)O2. The van der Waals surface area contributed by atoms with E-state index in [2.05, 4.69) is 61.0 Å². The Hall–Kier alpha value is -0.700. The van der Waals surface area contributed by atoms with Gasteiger partial charge in [0.25, 0.3) is 0 Å². The maximum atomic E-state index is 6.17. The van der Waals surface area contributed by atoms with Crippen molar-refractivity contribution >= 4 is 15.9 Å². The first-order chi connectivity index (χ1) is 10.3. The number of benzene rings is 1. The Morgan fingerprint density at radius 2 is 1.90 bits per heavy atom. The lowest BCUT2D eigenvalue weighted by molar-refractivity contribution is 0.0582. The van der Waals surface area contributed by atoms with Gasteiger partial charge in [-0.3, -0.25) is 4.90 Å². The molecular weight excluding hydrogens is 334 g/mol. The van der Waals surface area contributed by atoms with Crippen molar-refractivity contribution in [2.75, 3.05) is 13.1 Å². The quantitative estimate of drug-likeness (QED) is 0.632. The van der Waals surface area contributed by atoms with Crippen LogP contribution in [0.4, 0.5) is 0 Å². The second kappa shape index (κ2) is 5.83. The van der Waals surface area contributed by atoms with E-state index in [4.69, 9.17) is 4.74 Å². The number of likely N-dealkylation sites (tertiary alicyclic amines) is 1. The van der Waals surface area contributed by atoms with Crippen LogP contribution in [-0.4, -0.2) is 30.4 Å². The van der Waals surface area contributed by atoms with Gasteiger partial charge in [-0.05, 0) is 42.5 Å². The van der Waals surface area contributed by atoms with Crippen molar-refractivity contribution in [1.29, 1.82) is 0 Å². The summed E-state index contributed by atoms with van der Waals surface area (Å²) >= 11 is 3.54. The van der Waals surface area contributed by atoms with Crippen LogP contribution in [0.2, 0.25) is 0 Å². The van der Waals surface area contributed by atoms with Crippen LogP contribution in [0.1, 0.15) is 18.4 Å². The molecule has 0 aliphatic carbocycles. The van der Waals surface area contributed by atoms with Gasteiger partial charge in [0.1, 0.15) is 18.1 Å². The molecule has 3 aliphatic rings. The van der Waals surface area contributed by atoms with Crippen LogP contribution in [0.5, 0.6) is 5.75 Å². The standard InChI is InChI=1S/C14H20BrN5O/c15-11-1-2-12-10(7-11)8-13(21-12)9-3-5-20(6-4-9)14-16-18-19-17-14/h1-2,7,9,13-14,16-19H,3-6,8H2. The molecule has 1 aromatic carbocycles. The number of hydrazine groups is 3. The molecule has 0 amide bonds. The average Bonchev–Trinajstić information content (AvgIpc) is 3.16. The van der Waals surface area contributed by atoms with Crippen molar-refractivity contribution in [3.63, 3.8) is 0 Å². The molecule has 6 nitrogen and oxygen atoms in total. The van der Waals surface area contributed by atoms with Crippen LogP contribution >= 0.6 is 15.9 Å². The van der Waals surface area contributed by atoms with E-state index in [1.165, 1.54) is 18.4 Å². The van der Waals surface area contributed by atoms with Gasteiger partial charge in [0.15, 0.2) is 0 Å². The topological polar surface area (TPSA) is 60.6 Å². The largest absolute Gasteiger partial charge is 0.490 e. The third-order valence-corrected chi connectivity index (χ3v) is 5.16. The predicted molar refractivity (Wildman–Crippen MR) is 82.9 cm³/mol. The number of hydrogen-bond donors (Lipinski definition) is 4. The van der Waals surface area contributed by atoms with E-state index in [1.807, 2.05) is 0 Å².